The number of benzene rings is 1. The molecular weight excluding hydrogens is 238 g/mol. The highest BCUT2D eigenvalue weighted by Crippen LogP contribution is 2.16. The molecule has 0 aliphatic carbocycles. The molecule has 0 bridgehead atoms. The van der Waals surface area contributed by atoms with Crippen molar-refractivity contribution in [3.05, 3.63) is 29.3 Å². The molecule has 1 rings (SSSR count). The van der Waals surface area contributed by atoms with E-state index in [0.717, 1.165) is 0 Å². The van der Waals surface area contributed by atoms with Crippen molar-refractivity contribution >= 4 is 17.6 Å². The highest BCUT2D eigenvalue weighted by Gasteiger charge is 2.09. The average Bonchev–Trinajstić information content (AvgIpc) is 2.29. The Kier molecular flexibility index (Phi) is 5.29. The Morgan fingerprint density at radius 2 is 1.94 bits per heavy atom. The van der Waals surface area contributed by atoms with E-state index < -0.39 is 5.97 Å². The van der Waals surface area contributed by atoms with Crippen LogP contribution in [0.4, 0.5) is 5.69 Å². The predicted octanol–water partition coefficient (Wildman–Crippen LogP) is 1.12. The number of hydrogen-bond donors (Lipinski definition) is 2. The maximum absolute atomic E-state index is 11.3. The number of methoxy groups -OCH3 is 2. The van der Waals surface area contributed by atoms with Crippen LogP contribution in [0.1, 0.15) is 15.9 Å². The van der Waals surface area contributed by atoms with Crippen LogP contribution < -0.4 is 5.32 Å². The van der Waals surface area contributed by atoms with Crippen molar-refractivity contribution in [2.24, 2.45) is 0 Å². The molecule has 0 heterocycles. The normalized spacial score (nSPS) is 10.1. The highest BCUT2D eigenvalue weighted by atomic mass is 16.5. The molecular formula is C12H15NO5. The summed E-state index contributed by atoms with van der Waals surface area (Å²) in [7, 11) is 2.92. The molecule has 6 heteroatoms. The number of nitrogens with one attached hydrogen (secondary N) is 1. The second-order valence-electron chi connectivity index (χ2n) is 3.64. The zero-order valence-electron chi connectivity index (χ0n) is 10.2. The van der Waals surface area contributed by atoms with E-state index in [4.69, 9.17) is 9.84 Å². The standard InChI is InChI=1S/C12H15NO5/c1-17-6-8-3-9(12(15)16)5-10(4-8)13-11(14)7-18-2/h3-5H,6-7H2,1-2H3,(H,13,14)(H,15,16). The fourth-order valence-electron chi connectivity index (χ4n) is 1.47. The molecule has 1 aromatic carbocycles. The molecule has 0 aromatic heterocycles. The molecule has 98 valence electrons. The monoisotopic (exact) mass is 253 g/mol. The SMILES string of the molecule is COCC(=O)Nc1cc(COC)cc(C(=O)O)c1. The van der Waals surface area contributed by atoms with Gasteiger partial charge in [0.1, 0.15) is 6.61 Å². The summed E-state index contributed by atoms with van der Waals surface area (Å²) >= 11 is 0. The van der Waals surface area contributed by atoms with Crippen LogP contribution in [-0.2, 0) is 20.9 Å². The van der Waals surface area contributed by atoms with Gasteiger partial charge in [-0.3, -0.25) is 4.79 Å². The van der Waals surface area contributed by atoms with Crippen molar-refractivity contribution in [3.8, 4) is 0 Å². The van der Waals surface area contributed by atoms with Gasteiger partial charge in [0, 0.05) is 19.9 Å². The average molecular weight is 253 g/mol. The molecule has 0 spiro atoms. The topological polar surface area (TPSA) is 84.9 Å². The Labute approximate surface area is 105 Å². The first-order chi connectivity index (χ1) is 8.56. The molecule has 2 N–H and O–H groups in total. The van der Waals surface area contributed by atoms with Crippen LogP contribution in [0, 0.1) is 0 Å². The van der Waals surface area contributed by atoms with Gasteiger partial charge in [0.2, 0.25) is 5.91 Å². The van der Waals surface area contributed by atoms with Gasteiger partial charge in [0.05, 0.1) is 12.2 Å². The van der Waals surface area contributed by atoms with Gasteiger partial charge >= 0.3 is 5.97 Å². The lowest BCUT2D eigenvalue weighted by Gasteiger charge is -2.08. The first-order valence-corrected chi connectivity index (χ1v) is 5.21. The molecule has 0 unspecified atom stereocenters. The Hall–Kier alpha value is -1.92. The van der Waals surface area contributed by atoms with E-state index in [2.05, 4.69) is 10.1 Å². The lowest BCUT2D eigenvalue weighted by atomic mass is 10.1. The maximum atomic E-state index is 11.3. The van der Waals surface area contributed by atoms with Crippen molar-refractivity contribution in [2.45, 2.75) is 6.61 Å². The van der Waals surface area contributed by atoms with Gasteiger partial charge in [-0.2, -0.15) is 0 Å². The van der Waals surface area contributed by atoms with E-state index >= 15 is 0 Å². The number of ether oxygens (including phenoxy) is 2. The van der Waals surface area contributed by atoms with E-state index in [-0.39, 0.29) is 24.7 Å². The van der Waals surface area contributed by atoms with E-state index in [1.165, 1.54) is 26.4 Å². The summed E-state index contributed by atoms with van der Waals surface area (Å²) in [6, 6.07) is 4.54. The molecule has 1 aromatic rings. The molecule has 6 nitrogen and oxygen atoms in total. The van der Waals surface area contributed by atoms with Crippen LogP contribution in [0.3, 0.4) is 0 Å². The minimum atomic E-state index is -1.06. The Morgan fingerprint density at radius 1 is 1.22 bits per heavy atom. The van der Waals surface area contributed by atoms with Crippen LogP contribution in [-0.4, -0.2) is 37.8 Å². The van der Waals surface area contributed by atoms with Crippen LogP contribution >= 0.6 is 0 Å². The third kappa shape index (κ3) is 4.15. The summed E-state index contributed by atoms with van der Waals surface area (Å²) in [6.45, 7) is 0.186. The molecule has 0 aliphatic rings. The minimum absolute atomic E-state index is 0.0864. The van der Waals surface area contributed by atoms with Gasteiger partial charge < -0.3 is 19.9 Å². The van der Waals surface area contributed by atoms with Gasteiger partial charge in [0.15, 0.2) is 0 Å². The summed E-state index contributed by atoms with van der Waals surface area (Å²) < 4.78 is 9.62. The highest BCUT2D eigenvalue weighted by molar-refractivity contribution is 5.94. The Morgan fingerprint density at radius 3 is 2.50 bits per heavy atom. The largest absolute Gasteiger partial charge is 0.478 e. The summed E-state index contributed by atoms with van der Waals surface area (Å²) in [5.74, 6) is -1.40. The van der Waals surface area contributed by atoms with E-state index in [9.17, 15) is 9.59 Å². The molecule has 1 amide bonds. The molecule has 18 heavy (non-hydrogen) atoms. The minimum Gasteiger partial charge on any atom is -0.478 e. The third-order valence-corrected chi connectivity index (χ3v) is 2.11. The fourth-order valence-corrected chi connectivity index (χ4v) is 1.47. The van der Waals surface area contributed by atoms with Crippen molar-refractivity contribution < 1.29 is 24.2 Å². The number of rotatable bonds is 6. The van der Waals surface area contributed by atoms with Crippen LogP contribution in [0.25, 0.3) is 0 Å². The molecule has 0 saturated heterocycles. The fraction of sp³-hybridized carbons (Fsp3) is 0.333. The number of anilines is 1. The third-order valence-electron chi connectivity index (χ3n) is 2.11. The number of aromatic carboxylic acids is 1. The summed E-state index contributed by atoms with van der Waals surface area (Å²) in [4.78, 5) is 22.3. The second kappa shape index (κ2) is 6.73. The lowest BCUT2D eigenvalue weighted by Crippen LogP contribution is -2.17. The lowest BCUT2D eigenvalue weighted by molar-refractivity contribution is -0.119. The van der Waals surface area contributed by atoms with Crippen LogP contribution in [0.5, 0.6) is 0 Å². The van der Waals surface area contributed by atoms with Crippen molar-refractivity contribution in [1.29, 1.82) is 0 Å². The quantitative estimate of drug-likeness (QED) is 0.793. The van der Waals surface area contributed by atoms with Gasteiger partial charge in [-0.15, -0.1) is 0 Å². The number of amides is 1. The first kappa shape index (κ1) is 14.1. The van der Waals surface area contributed by atoms with E-state index in [1.807, 2.05) is 0 Å². The molecule has 0 radical (unpaired) electrons. The molecule has 0 atom stereocenters. The van der Waals surface area contributed by atoms with Gasteiger partial charge in [0.25, 0.3) is 0 Å². The number of carboxylic acids is 1. The summed E-state index contributed by atoms with van der Waals surface area (Å²) in [6.07, 6.45) is 0. The van der Waals surface area contributed by atoms with Gasteiger partial charge in [-0.1, -0.05) is 0 Å². The smallest absolute Gasteiger partial charge is 0.335 e. The number of hydrogen-bond acceptors (Lipinski definition) is 4. The molecule has 0 fully saturated rings. The van der Waals surface area contributed by atoms with Gasteiger partial charge in [-0.25, -0.2) is 4.79 Å². The zero-order valence-corrected chi connectivity index (χ0v) is 10.2. The number of carboxylic acid groups (broad SMARTS) is 1. The number of carbonyl (C=O) groups excluding carboxylic acids is 1. The van der Waals surface area contributed by atoms with E-state index in [0.29, 0.717) is 11.3 Å². The van der Waals surface area contributed by atoms with Crippen LogP contribution in [0.2, 0.25) is 0 Å². The molecule has 0 aliphatic heterocycles. The first-order valence-electron chi connectivity index (χ1n) is 5.21. The maximum Gasteiger partial charge on any atom is 0.335 e. The predicted molar refractivity (Wildman–Crippen MR) is 64.6 cm³/mol. The zero-order chi connectivity index (χ0) is 13.5. The number of carbonyl (C=O) groups is 2. The molecule has 0 saturated carbocycles. The summed E-state index contributed by atoms with van der Waals surface area (Å²) in [5.41, 5.74) is 1.17. The van der Waals surface area contributed by atoms with Crippen molar-refractivity contribution in [3.63, 3.8) is 0 Å². The Balaban J connectivity index is 2.95. The van der Waals surface area contributed by atoms with Gasteiger partial charge in [-0.05, 0) is 23.8 Å². The summed E-state index contributed by atoms with van der Waals surface area (Å²) in [5, 5.41) is 11.5. The van der Waals surface area contributed by atoms with Crippen molar-refractivity contribution in [2.75, 3.05) is 26.1 Å². The van der Waals surface area contributed by atoms with Crippen molar-refractivity contribution in [1.82, 2.24) is 0 Å². The van der Waals surface area contributed by atoms with E-state index in [1.54, 1.807) is 6.07 Å². The second-order valence-corrected chi connectivity index (χ2v) is 3.64. The Bertz CT molecular complexity index is 444. The van der Waals surface area contributed by atoms with Crippen LogP contribution in [0.15, 0.2) is 18.2 Å².